The molecule has 2 heterocycles. The van der Waals surface area contributed by atoms with Crippen LogP contribution in [0.2, 0.25) is 0 Å². The van der Waals surface area contributed by atoms with Crippen molar-refractivity contribution in [3.8, 4) is 17.0 Å². The third-order valence-electron chi connectivity index (χ3n) is 5.12. The lowest BCUT2D eigenvalue weighted by atomic mass is 10.0. The van der Waals surface area contributed by atoms with Gasteiger partial charge >= 0.3 is 0 Å². The highest BCUT2D eigenvalue weighted by Gasteiger charge is 2.32. The Morgan fingerprint density at radius 3 is 2.54 bits per heavy atom. The van der Waals surface area contributed by atoms with E-state index in [0.717, 1.165) is 25.1 Å². The van der Waals surface area contributed by atoms with Gasteiger partial charge in [-0.2, -0.15) is 5.10 Å². The maximum atomic E-state index is 12.7. The quantitative estimate of drug-likeness (QED) is 0.671. The van der Waals surface area contributed by atoms with Gasteiger partial charge in [0.15, 0.2) is 13.2 Å². The fraction of sp³-hybridized carbons (Fsp3) is 0.304. The highest BCUT2D eigenvalue weighted by Crippen LogP contribution is 2.27. The van der Waals surface area contributed by atoms with E-state index in [4.69, 9.17) is 4.74 Å². The zero-order chi connectivity index (χ0) is 19.3. The highest BCUT2D eigenvalue weighted by atomic mass is 16.5. The van der Waals surface area contributed by atoms with Gasteiger partial charge in [-0.25, -0.2) is 0 Å². The van der Waals surface area contributed by atoms with Crippen LogP contribution in [0.3, 0.4) is 0 Å². The maximum absolute atomic E-state index is 12.7. The molecule has 1 aliphatic heterocycles. The molecule has 0 spiro atoms. The molecule has 5 heteroatoms. The maximum Gasteiger partial charge on any atom is 0.260 e. The molecule has 1 aliphatic rings. The van der Waals surface area contributed by atoms with E-state index in [-0.39, 0.29) is 12.5 Å². The topological polar surface area (TPSA) is 49.2 Å². The van der Waals surface area contributed by atoms with Crippen LogP contribution in [0.4, 0.5) is 0 Å². The molecule has 0 unspecified atom stereocenters. The van der Waals surface area contributed by atoms with Crippen molar-refractivity contribution < 1.29 is 14.2 Å². The molecule has 0 saturated heterocycles. The first-order valence-electron chi connectivity index (χ1n) is 9.91. The number of amides is 1. The minimum Gasteiger partial charge on any atom is -0.484 e. The SMILES string of the molecule is CCC[n+]1[nH]c2c(c1-c1ccccc1)CN(C(=O)COc1ccccc1)CC2. The fourth-order valence-corrected chi connectivity index (χ4v) is 3.77. The second-order valence-corrected chi connectivity index (χ2v) is 7.10. The molecule has 0 saturated carbocycles. The number of hydrogen-bond donors (Lipinski definition) is 1. The Balaban J connectivity index is 1.55. The van der Waals surface area contributed by atoms with E-state index < -0.39 is 0 Å². The van der Waals surface area contributed by atoms with Gasteiger partial charge in [-0.05, 0) is 24.3 Å². The van der Waals surface area contributed by atoms with Crippen LogP contribution in [0.15, 0.2) is 60.7 Å². The summed E-state index contributed by atoms with van der Waals surface area (Å²) >= 11 is 0. The number of para-hydroxylation sites is 1. The van der Waals surface area contributed by atoms with Crippen LogP contribution >= 0.6 is 0 Å². The molecule has 1 aromatic heterocycles. The van der Waals surface area contributed by atoms with Gasteiger partial charge in [0.2, 0.25) is 5.69 Å². The molecule has 144 valence electrons. The number of aromatic nitrogens is 2. The number of nitrogens with one attached hydrogen (secondary N) is 1. The van der Waals surface area contributed by atoms with Gasteiger partial charge in [0.1, 0.15) is 5.75 Å². The Kier molecular flexibility index (Phi) is 5.42. The predicted octanol–water partition coefficient (Wildman–Crippen LogP) is 3.34. The van der Waals surface area contributed by atoms with Gasteiger partial charge in [0.05, 0.1) is 17.8 Å². The number of ether oxygens (including phenoxy) is 1. The minimum absolute atomic E-state index is 0.0248. The second-order valence-electron chi connectivity index (χ2n) is 7.10. The van der Waals surface area contributed by atoms with Gasteiger partial charge in [0.25, 0.3) is 5.91 Å². The summed E-state index contributed by atoms with van der Waals surface area (Å²) in [4.78, 5) is 14.7. The van der Waals surface area contributed by atoms with Crippen molar-refractivity contribution in [1.82, 2.24) is 10.00 Å². The Morgan fingerprint density at radius 2 is 1.82 bits per heavy atom. The molecule has 1 N–H and O–H groups in total. The molecule has 0 bridgehead atoms. The molecule has 5 nitrogen and oxygen atoms in total. The first kappa shape index (κ1) is 18.3. The van der Waals surface area contributed by atoms with Gasteiger partial charge in [-0.15, -0.1) is 4.68 Å². The molecule has 0 atom stereocenters. The summed E-state index contributed by atoms with van der Waals surface area (Å²) in [5, 5.41) is 3.57. The monoisotopic (exact) mass is 376 g/mol. The first-order valence-corrected chi connectivity index (χ1v) is 9.91. The van der Waals surface area contributed by atoms with Crippen LogP contribution < -0.4 is 9.42 Å². The van der Waals surface area contributed by atoms with E-state index in [1.54, 1.807) is 0 Å². The molecule has 0 fully saturated rings. The summed E-state index contributed by atoms with van der Waals surface area (Å²) < 4.78 is 7.89. The number of carbonyl (C=O) groups is 1. The van der Waals surface area contributed by atoms with Crippen molar-refractivity contribution in [2.75, 3.05) is 13.2 Å². The smallest absolute Gasteiger partial charge is 0.260 e. The average molecular weight is 376 g/mol. The summed E-state index contributed by atoms with van der Waals surface area (Å²) in [7, 11) is 0. The number of benzene rings is 2. The number of H-pyrrole nitrogens is 1. The van der Waals surface area contributed by atoms with Crippen molar-refractivity contribution in [1.29, 1.82) is 0 Å². The van der Waals surface area contributed by atoms with Crippen LogP contribution in [0, 0.1) is 0 Å². The summed E-state index contributed by atoms with van der Waals surface area (Å²) in [6, 6.07) is 19.9. The standard InChI is InChI=1S/C23H25N3O2/c1-2-14-26-23(18-9-5-3-6-10-18)20-16-25(15-13-21(20)24-26)22(27)17-28-19-11-7-4-8-12-19/h3-12H,2,13-17H2,1H3/p+1. The first-order chi connectivity index (χ1) is 13.8. The van der Waals surface area contributed by atoms with Crippen LogP contribution in [-0.2, 0) is 24.3 Å². The van der Waals surface area contributed by atoms with Gasteiger partial charge in [-0.3, -0.25) is 4.79 Å². The van der Waals surface area contributed by atoms with Crippen molar-refractivity contribution >= 4 is 5.91 Å². The van der Waals surface area contributed by atoms with E-state index in [0.29, 0.717) is 13.1 Å². The Morgan fingerprint density at radius 1 is 1.11 bits per heavy atom. The van der Waals surface area contributed by atoms with E-state index in [9.17, 15) is 4.79 Å². The third-order valence-corrected chi connectivity index (χ3v) is 5.12. The van der Waals surface area contributed by atoms with Gasteiger partial charge in [-0.1, -0.05) is 43.3 Å². The average Bonchev–Trinajstić information content (AvgIpc) is 3.11. The molecule has 0 aliphatic carbocycles. The number of aryl methyl sites for hydroxylation is 1. The summed E-state index contributed by atoms with van der Waals surface area (Å²) in [6.07, 6.45) is 1.89. The van der Waals surface area contributed by atoms with Crippen molar-refractivity contribution in [3.63, 3.8) is 0 Å². The highest BCUT2D eigenvalue weighted by molar-refractivity contribution is 5.78. The number of carbonyl (C=O) groups excluding carboxylic acids is 1. The number of rotatable bonds is 6. The van der Waals surface area contributed by atoms with Crippen molar-refractivity contribution in [2.45, 2.75) is 32.9 Å². The van der Waals surface area contributed by atoms with Crippen LogP contribution in [0.25, 0.3) is 11.3 Å². The summed E-state index contributed by atoms with van der Waals surface area (Å²) in [6.45, 7) is 4.51. The minimum atomic E-state index is 0.0248. The molecular weight excluding hydrogens is 350 g/mol. The van der Waals surface area contributed by atoms with E-state index >= 15 is 0 Å². The molecule has 3 aromatic rings. The molecule has 4 rings (SSSR count). The van der Waals surface area contributed by atoms with Gasteiger partial charge in [0, 0.05) is 24.9 Å². The van der Waals surface area contributed by atoms with Crippen LogP contribution in [-0.4, -0.2) is 29.1 Å². The number of fused-ring (bicyclic) bond motifs is 1. The van der Waals surface area contributed by atoms with Gasteiger partial charge < -0.3 is 9.64 Å². The van der Waals surface area contributed by atoms with E-state index in [2.05, 4.69) is 41.0 Å². The van der Waals surface area contributed by atoms with Crippen molar-refractivity contribution in [3.05, 3.63) is 71.9 Å². The third kappa shape index (κ3) is 3.79. The Hall–Kier alpha value is -3.08. The van der Waals surface area contributed by atoms with E-state index in [1.165, 1.54) is 22.5 Å². The van der Waals surface area contributed by atoms with E-state index in [1.807, 2.05) is 41.3 Å². The molecule has 28 heavy (non-hydrogen) atoms. The molecule has 2 aromatic carbocycles. The second kappa shape index (κ2) is 8.30. The zero-order valence-corrected chi connectivity index (χ0v) is 16.2. The lowest BCUT2D eigenvalue weighted by molar-refractivity contribution is -0.740. The number of aromatic amines is 1. The molecular formula is C23H26N3O2+. The molecule has 1 amide bonds. The largest absolute Gasteiger partial charge is 0.484 e. The van der Waals surface area contributed by atoms with Crippen LogP contribution in [0.5, 0.6) is 5.75 Å². The summed E-state index contributed by atoms with van der Waals surface area (Å²) in [5.41, 5.74) is 4.83. The number of hydrogen-bond acceptors (Lipinski definition) is 2. The fourth-order valence-electron chi connectivity index (χ4n) is 3.77. The predicted molar refractivity (Wildman–Crippen MR) is 108 cm³/mol. The normalized spacial score (nSPS) is 13.2. The lowest BCUT2D eigenvalue weighted by Gasteiger charge is -2.26. The number of nitrogens with zero attached hydrogens (tertiary/aromatic N) is 2. The lowest BCUT2D eigenvalue weighted by Crippen LogP contribution is -2.39. The Bertz CT molecular complexity index is 935. The van der Waals surface area contributed by atoms with Crippen LogP contribution in [0.1, 0.15) is 24.6 Å². The Labute approximate surface area is 165 Å². The molecule has 0 radical (unpaired) electrons. The zero-order valence-electron chi connectivity index (χ0n) is 16.2. The van der Waals surface area contributed by atoms with Crippen molar-refractivity contribution in [2.24, 2.45) is 0 Å². The summed E-state index contributed by atoms with van der Waals surface area (Å²) in [5.74, 6) is 0.748.